The molecule has 0 spiro atoms. The SMILES string of the molecule is COc1ccc(C(O)c2ccc(Br)cn2)c(OC)c1Br. The van der Waals surface area contributed by atoms with E-state index >= 15 is 0 Å². The molecule has 1 atom stereocenters. The monoisotopic (exact) mass is 401 g/mol. The second-order valence-electron chi connectivity index (χ2n) is 4.01. The minimum absolute atomic E-state index is 0.529. The van der Waals surface area contributed by atoms with Gasteiger partial charge in [-0.2, -0.15) is 0 Å². The molecule has 0 saturated carbocycles. The number of aromatic nitrogens is 1. The first kappa shape index (κ1) is 15.3. The van der Waals surface area contributed by atoms with Crippen molar-refractivity contribution in [3.63, 3.8) is 0 Å². The van der Waals surface area contributed by atoms with Crippen LogP contribution in [0.3, 0.4) is 0 Å². The topological polar surface area (TPSA) is 51.6 Å². The Bertz CT molecular complexity index is 602. The van der Waals surface area contributed by atoms with E-state index in [1.54, 1.807) is 38.6 Å². The van der Waals surface area contributed by atoms with Crippen LogP contribution >= 0.6 is 31.9 Å². The quantitative estimate of drug-likeness (QED) is 0.846. The Morgan fingerprint density at radius 3 is 2.40 bits per heavy atom. The number of aliphatic hydroxyl groups is 1. The zero-order valence-corrected chi connectivity index (χ0v) is 14.1. The average molecular weight is 403 g/mol. The average Bonchev–Trinajstić information content (AvgIpc) is 2.47. The fraction of sp³-hybridized carbons (Fsp3) is 0.214. The Balaban J connectivity index is 2.46. The van der Waals surface area contributed by atoms with E-state index in [2.05, 4.69) is 36.8 Å². The first-order valence-electron chi connectivity index (χ1n) is 5.78. The molecule has 0 radical (unpaired) electrons. The van der Waals surface area contributed by atoms with Gasteiger partial charge in [0.05, 0.1) is 19.9 Å². The summed E-state index contributed by atoms with van der Waals surface area (Å²) in [4.78, 5) is 4.20. The van der Waals surface area contributed by atoms with Crippen molar-refractivity contribution in [2.24, 2.45) is 0 Å². The van der Waals surface area contributed by atoms with Gasteiger partial charge in [-0.05, 0) is 56.1 Å². The molecule has 0 aliphatic carbocycles. The Hall–Kier alpha value is -1.11. The number of aliphatic hydroxyl groups excluding tert-OH is 1. The second kappa shape index (κ2) is 6.56. The Kier molecular flexibility index (Phi) is 5.01. The van der Waals surface area contributed by atoms with Gasteiger partial charge >= 0.3 is 0 Å². The number of pyridine rings is 1. The summed E-state index contributed by atoms with van der Waals surface area (Å²) in [6.07, 6.45) is 0.768. The van der Waals surface area contributed by atoms with Gasteiger partial charge in [-0.1, -0.05) is 0 Å². The summed E-state index contributed by atoms with van der Waals surface area (Å²) in [6, 6.07) is 7.11. The smallest absolute Gasteiger partial charge is 0.143 e. The number of nitrogens with zero attached hydrogens (tertiary/aromatic N) is 1. The van der Waals surface area contributed by atoms with Gasteiger partial charge in [-0.15, -0.1) is 0 Å². The number of methoxy groups -OCH3 is 2. The van der Waals surface area contributed by atoms with Crippen molar-refractivity contribution in [3.05, 3.63) is 50.7 Å². The lowest BCUT2D eigenvalue weighted by molar-refractivity contribution is 0.209. The van der Waals surface area contributed by atoms with Crippen LogP contribution < -0.4 is 9.47 Å². The summed E-state index contributed by atoms with van der Waals surface area (Å²) in [5.74, 6) is 1.17. The molecule has 0 saturated heterocycles. The number of ether oxygens (including phenoxy) is 2. The van der Waals surface area contributed by atoms with Crippen molar-refractivity contribution < 1.29 is 14.6 Å². The van der Waals surface area contributed by atoms with Gasteiger partial charge in [0, 0.05) is 16.2 Å². The number of benzene rings is 1. The molecule has 2 rings (SSSR count). The minimum Gasteiger partial charge on any atom is -0.495 e. The van der Waals surface area contributed by atoms with Crippen LogP contribution in [0.2, 0.25) is 0 Å². The summed E-state index contributed by atoms with van der Waals surface area (Å²) in [5, 5.41) is 10.5. The molecule has 4 nitrogen and oxygen atoms in total. The van der Waals surface area contributed by atoms with Crippen molar-refractivity contribution >= 4 is 31.9 Å². The number of halogens is 2. The second-order valence-corrected chi connectivity index (χ2v) is 5.72. The predicted octanol–water partition coefficient (Wildman–Crippen LogP) is 3.71. The fourth-order valence-corrected chi connectivity index (χ4v) is 2.76. The number of rotatable bonds is 4. The van der Waals surface area contributed by atoms with Crippen LogP contribution in [0.25, 0.3) is 0 Å². The van der Waals surface area contributed by atoms with Crippen molar-refractivity contribution in [1.29, 1.82) is 0 Å². The normalized spacial score (nSPS) is 12.1. The zero-order chi connectivity index (χ0) is 14.7. The van der Waals surface area contributed by atoms with Gasteiger partial charge in [0.25, 0.3) is 0 Å². The molecule has 20 heavy (non-hydrogen) atoms. The van der Waals surface area contributed by atoms with Crippen LogP contribution in [-0.2, 0) is 0 Å². The van der Waals surface area contributed by atoms with E-state index in [1.165, 1.54) is 0 Å². The van der Waals surface area contributed by atoms with Crippen LogP contribution in [0, 0.1) is 0 Å². The summed E-state index contributed by atoms with van der Waals surface area (Å²) in [6.45, 7) is 0. The largest absolute Gasteiger partial charge is 0.495 e. The fourth-order valence-electron chi connectivity index (χ4n) is 1.84. The van der Waals surface area contributed by atoms with Crippen LogP contribution in [0.15, 0.2) is 39.4 Å². The van der Waals surface area contributed by atoms with E-state index in [0.29, 0.717) is 27.2 Å². The molecule has 1 N–H and O–H groups in total. The molecular weight excluding hydrogens is 390 g/mol. The molecule has 1 unspecified atom stereocenters. The van der Waals surface area contributed by atoms with Crippen LogP contribution in [0.1, 0.15) is 17.4 Å². The maximum Gasteiger partial charge on any atom is 0.143 e. The van der Waals surface area contributed by atoms with Gasteiger partial charge in [0.15, 0.2) is 0 Å². The van der Waals surface area contributed by atoms with E-state index in [0.717, 1.165) is 4.47 Å². The molecule has 1 aromatic heterocycles. The van der Waals surface area contributed by atoms with E-state index in [4.69, 9.17) is 9.47 Å². The first-order valence-corrected chi connectivity index (χ1v) is 7.37. The van der Waals surface area contributed by atoms with Crippen molar-refractivity contribution in [3.8, 4) is 11.5 Å². The molecule has 0 aliphatic heterocycles. The Labute approximate surface area is 134 Å². The van der Waals surface area contributed by atoms with E-state index in [1.807, 2.05) is 6.07 Å². The van der Waals surface area contributed by atoms with E-state index < -0.39 is 6.10 Å². The molecule has 1 aromatic carbocycles. The Morgan fingerprint density at radius 1 is 1.10 bits per heavy atom. The predicted molar refractivity (Wildman–Crippen MR) is 83.2 cm³/mol. The summed E-state index contributed by atoms with van der Waals surface area (Å²) >= 11 is 6.73. The van der Waals surface area contributed by atoms with E-state index in [-0.39, 0.29) is 0 Å². The lowest BCUT2D eigenvalue weighted by atomic mass is 10.0. The van der Waals surface area contributed by atoms with Crippen LogP contribution in [0.4, 0.5) is 0 Å². The number of hydrogen-bond acceptors (Lipinski definition) is 4. The minimum atomic E-state index is -0.875. The molecule has 106 valence electrons. The van der Waals surface area contributed by atoms with Crippen LogP contribution in [-0.4, -0.2) is 24.3 Å². The van der Waals surface area contributed by atoms with Gasteiger partial charge in [-0.25, -0.2) is 0 Å². The molecule has 0 fully saturated rings. The van der Waals surface area contributed by atoms with Crippen LogP contribution in [0.5, 0.6) is 11.5 Å². The van der Waals surface area contributed by atoms with Crippen molar-refractivity contribution in [2.75, 3.05) is 14.2 Å². The highest BCUT2D eigenvalue weighted by Gasteiger charge is 2.20. The van der Waals surface area contributed by atoms with Crippen molar-refractivity contribution in [1.82, 2.24) is 4.98 Å². The summed E-state index contributed by atoms with van der Waals surface area (Å²) in [5.41, 5.74) is 1.17. The molecule has 6 heteroatoms. The lowest BCUT2D eigenvalue weighted by Crippen LogP contribution is -2.05. The molecule has 0 bridgehead atoms. The van der Waals surface area contributed by atoms with Gasteiger partial charge in [-0.3, -0.25) is 4.98 Å². The number of hydrogen-bond donors (Lipinski definition) is 1. The lowest BCUT2D eigenvalue weighted by Gasteiger charge is -2.17. The first-order chi connectivity index (χ1) is 9.58. The standard InChI is InChI=1S/C14H13Br2NO3/c1-19-11-6-4-9(14(20-2)12(11)16)13(18)10-5-3-8(15)7-17-10/h3-7,13,18H,1-2H3. The molecular formula is C14H13Br2NO3. The third-order valence-corrected chi connectivity index (χ3v) is 4.06. The third kappa shape index (κ3) is 2.97. The maximum atomic E-state index is 10.5. The summed E-state index contributed by atoms with van der Waals surface area (Å²) in [7, 11) is 3.12. The van der Waals surface area contributed by atoms with Gasteiger partial charge in [0.1, 0.15) is 22.1 Å². The maximum absolute atomic E-state index is 10.5. The van der Waals surface area contributed by atoms with E-state index in [9.17, 15) is 5.11 Å². The third-order valence-electron chi connectivity index (χ3n) is 2.84. The van der Waals surface area contributed by atoms with Gasteiger partial charge < -0.3 is 14.6 Å². The highest BCUT2D eigenvalue weighted by atomic mass is 79.9. The summed E-state index contributed by atoms with van der Waals surface area (Å²) < 4.78 is 12.1. The molecule has 0 amide bonds. The highest BCUT2D eigenvalue weighted by Crippen LogP contribution is 2.40. The zero-order valence-electron chi connectivity index (χ0n) is 10.9. The highest BCUT2D eigenvalue weighted by molar-refractivity contribution is 9.11. The van der Waals surface area contributed by atoms with Crippen molar-refractivity contribution in [2.45, 2.75) is 6.10 Å². The molecule has 1 heterocycles. The Morgan fingerprint density at radius 2 is 1.85 bits per heavy atom. The molecule has 0 aliphatic rings. The molecule has 2 aromatic rings. The van der Waals surface area contributed by atoms with Gasteiger partial charge in [0.2, 0.25) is 0 Å².